The van der Waals surface area contributed by atoms with Gasteiger partial charge in [-0.1, -0.05) is 6.07 Å². The Morgan fingerprint density at radius 1 is 1.00 bits per heavy atom. The molecule has 0 bridgehead atoms. The van der Waals surface area contributed by atoms with Crippen molar-refractivity contribution in [1.82, 2.24) is 15.3 Å². The summed E-state index contributed by atoms with van der Waals surface area (Å²) < 4.78 is 4.96. The van der Waals surface area contributed by atoms with Crippen LogP contribution in [0.15, 0.2) is 67.1 Å². The molecule has 0 aliphatic carbocycles. The molecule has 142 valence electrons. The lowest BCUT2D eigenvalue weighted by molar-refractivity contribution is 0.0526. The highest BCUT2D eigenvalue weighted by molar-refractivity contribution is 5.92. The highest BCUT2D eigenvalue weighted by Gasteiger charge is 2.08. The van der Waals surface area contributed by atoms with Crippen LogP contribution in [0.1, 0.15) is 33.3 Å². The summed E-state index contributed by atoms with van der Waals surface area (Å²) in [6.07, 6.45) is 4.97. The zero-order chi connectivity index (χ0) is 19.8. The number of aromatic nitrogens is 2. The number of hydrogen-bond donors (Lipinski definition) is 2. The quantitative estimate of drug-likeness (QED) is 0.615. The van der Waals surface area contributed by atoms with Gasteiger partial charge < -0.3 is 15.4 Å². The predicted octanol–water partition coefficient (Wildman–Crippen LogP) is 3.33. The van der Waals surface area contributed by atoms with E-state index in [1.807, 2.05) is 12.1 Å². The van der Waals surface area contributed by atoms with Gasteiger partial charge in [-0.3, -0.25) is 9.78 Å². The van der Waals surface area contributed by atoms with E-state index in [2.05, 4.69) is 20.6 Å². The minimum Gasteiger partial charge on any atom is -0.462 e. The van der Waals surface area contributed by atoms with Crippen molar-refractivity contribution in [2.45, 2.75) is 13.5 Å². The van der Waals surface area contributed by atoms with Crippen LogP contribution in [0.4, 0.5) is 11.4 Å². The lowest BCUT2D eigenvalue weighted by Crippen LogP contribution is -2.23. The molecule has 3 aromatic rings. The van der Waals surface area contributed by atoms with Crippen molar-refractivity contribution in [2.75, 3.05) is 11.9 Å². The van der Waals surface area contributed by atoms with E-state index in [4.69, 9.17) is 4.74 Å². The van der Waals surface area contributed by atoms with Crippen molar-refractivity contribution in [3.05, 3.63) is 83.9 Å². The zero-order valence-electron chi connectivity index (χ0n) is 15.4. The molecule has 0 radical (unpaired) electrons. The van der Waals surface area contributed by atoms with E-state index < -0.39 is 0 Å². The van der Waals surface area contributed by atoms with Crippen LogP contribution in [-0.2, 0) is 11.3 Å². The topological polar surface area (TPSA) is 93.2 Å². The molecule has 0 fully saturated rings. The Morgan fingerprint density at radius 3 is 2.43 bits per heavy atom. The average molecular weight is 376 g/mol. The number of esters is 1. The van der Waals surface area contributed by atoms with Crippen LogP contribution in [0.25, 0.3) is 0 Å². The maximum atomic E-state index is 12.2. The van der Waals surface area contributed by atoms with Crippen molar-refractivity contribution in [1.29, 1.82) is 0 Å². The molecule has 2 N–H and O–H groups in total. The lowest BCUT2D eigenvalue weighted by atomic mass is 10.2. The number of ether oxygens (including phenoxy) is 1. The molecule has 28 heavy (non-hydrogen) atoms. The van der Waals surface area contributed by atoms with Gasteiger partial charge in [-0.05, 0) is 55.0 Å². The van der Waals surface area contributed by atoms with Gasteiger partial charge in [0.1, 0.15) is 5.69 Å². The Morgan fingerprint density at radius 2 is 1.79 bits per heavy atom. The maximum absolute atomic E-state index is 12.2. The fourth-order valence-electron chi connectivity index (χ4n) is 2.45. The number of carbonyl (C=O) groups is 2. The van der Waals surface area contributed by atoms with Gasteiger partial charge in [0, 0.05) is 24.6 Å². The van der Waals surface area contributed by atoms with Gasteiger partial charge in [-0.25, -0.2) is 9.78 Å². The molecular formula is C21H20N4O3. The van der Waals surface area contributed by atoms with Gasteiger partial charge in [0.2, 0.25) is 0 Å². The van der Waals surface area contributed by atoms with Gasteiger partial charge in [-0.2, -0.15) is 0 Å². The first-order valence-corrected chi connectivity index (χ1v) is 8.83. The molecule has 0 aliphatic heterocycles. The number of benzene rings is 1. The van der Waals surface area contributed by atoms with Gasteiger partial charge in [0.05, 0.1) is 24.1 Å². The second-order valence-corrected chi connectivity index (χ2v) is 5.90. The van der Waals surface area contributed by atoms with Crippen molar-refractivity contribution in [2.24, 2.45) is 0 Å². The third-order valence-corrected chi connectivity index (χ3v) is 3.86. The van der Waals surface area contributed by atoms with Crippen LogP contribution in [-0.4, -0.2) is 28.5 Å². The van der Waals surface area contributed by atoms with Gasteiger partial charge >= 0.3 is 5.97 Å². The molecule has 7 heteroatoms. The van der Waals surface area contributed by atoms with Crippen LogP contribution in [0.5, 0.6) is 0 Å². The number of anilines is 2. The summed E-state index contributed by atoms with van der Waals surface area (Å²) in [7, 11) is 0. The summed E-state index contributed by atoms with van der Waals surface area (Å²) in [6, 6.07) is 14.1. The SMILES string of the molecule is CCOC(=O)c1ccc(Nc2ccc(C(=O)NCc3cccnc3)nc2)cc1. The summed E-state index contributed by atoms with van der Waals surface area (Å²) in [4.78, 5) is 32.1. The van der Waals surface area contributed by atoms with E-state index in [9.17, 15) is 9.59 Å². The van der Waals surface area contributed by atoms with Gasteiger partial charge in [0.25, 0.3) is 5.91 Å². The molecule has 0 saturated carbocycles. The first-order chi connectivity index (χ1) is 13.7. The fourth-order valence-corrected chi connectivity index (χ4v) is 2.45. The molecule has 0 saturated heterocycles. The predicted molar refractivity (Wildman–Crippen MR) is 105 cm³/mol. The van der Waals surface area contributed by atoms with Crippen LogP contribution in [0.2, 0.25) is 0 Å². The molecule has 0 atom stereocenters. The van der Waals surface area contributed by atoms with Crippen LogP contribution in [0.3, 0.4) is 0 Å². The zero-order valence-corrected chi connectivity index (χ0v) is 15.4. The molecule has 2 heterocycles. The normalized spacial score (nSPS) is 10.2. The summed E-state index contributed by atoms with van der Waals surface area (Å²) >= 11 is 0. The minimum atomic E-state index is -0.350. The number of hydrogen-bond acceptors (Lipinski definition) is 6. The van der Waals surface area contributed by atoms with E-state index in [0.717, 1.165) is 16.9 Å². The molecule has 3 rings (SSSR count). The molecule has 0 aliphatic rings. The van der Waals surface area contributed by atoms with E-state index in [1.165, 1.54) is 0 Å². The number of nitrogens with zero attached hydrogens (tertiary/aromatic N) is 2. The minimum absolute atomic E-state index is 0.255. The smallest absolute Gasteiger partial charge is 0.338 e. The summed E-state index contributed by atoms with van der Waals surface area (Å²) in [5, 5.41) is 5.98. The largest absolute Gasteiger partial charge is 0.462 e. The molecule has 2 aromatic heterocycles. The second kappa shape index (κ2) is 9.27. The van der Waals surface area contributed by atoms with Crippen LogP contribution in [0, 0.1) is 0 Å². The molecule has 0 unspecified atom stereocenters. The first kappa shape index (κ1) is 19.0. The lowest BCUT2D eigenvalue weighted by Gasteiger charge is -2.08. The Balaban J connectivity index is 1.56. The monoisotopic (exact) mass is 376 g/mol. The summed E-state index contributed by atoms with van der Waals surface area (Å²) in [5.74, 6) is -0.605. The van der Waals surface area contributed by atoms with Crippen LogP contribution < -0.4 is 10.6 Å². The van der Waals surface area contributed by atoms with Crippen molar-refractivity contribution in [3.63, 3.8) is 0 Å². The Hall–Kier alpha value is -3.74. The van der Waals surface area contributed by atoms with E-state index >= 15 is 0 Å². The second-order valence-electron chi connectivity index (χ2n) is 5.90. The van der Waals surface area contributed by atoms with Crippen molar-refractivity contribution >= 4 is 23.3 Å². The number of pyridine rings is 2. The number of carbonyl (C=O) groups excluding carboxylic acids is 2. The van der Waals surface area contributed by atoms with Gasteiger partial charge in [-0.15, -0.1) is 0 Å². The van der Waals surface area contributed by atoms with Crippen molar-refractivity contribution in [3.8, 4) is 0 Å². The third-order valence-electron chi connectivity index (χ3n) is 3.86. The number of nitrogens with one attached hydrogen (secondary N) is 2. The fraction of sp³-hybridized carbons (Fsp3) is 0.143. The number of amides is 1. The molecular weight excluding hydrogens is 356 g/mol. The van der Waals surface area contributed by atoms with E-state index in [-0.39, 0.29) is 11.9 Å². The number of rotatable bonds is 7. The molecule has 0 spiro atoms. The summed E-state index contributed by atoms with van der Waals surface area (Å²) in [6.45, 7) is 2.50. The Labute approximate surface area is 162 Å². The van der Waals surface area contributed by atoms with Gasteiger partial charge in [0.15, 0.2) is 0 Å². The molecule has 1 aromatic carbocycles. The highest BCUT2D eigenvalue weighted by atomic mass is 16.5. The van der Waals surface area contributed by atoms with Crippen molar-refractivity contribution < 1.29 is 14.3 Å². The summed E-state index contributed by atoms with van der Waals surface area (Å²) in [5.41, 5.74) is 3.26. The third kappa shape index (κ3) is 5.14. The average Bonchev–Trinajstić information content (AvgIpc) is 2.74. The Kier molecular flexibility index (Phi) is 6.30. The molecule has 1 amide bonds. The van der Waals surface area contributed by atoms with Crippen LogP contribution >= 0.6 is 0 Å². The Bertz CT molecular complexity index is 926. The van der Waals surface area contributed by atoms with E-state index in [1.54, 1.807) is 61.9 Å². The standard InChI is InChI=1S/C21H20N4O3/c1-2-28-21(27)16-5-7-17(8-6-16)25-18-9-10-19(23-14-18)20(26)24-13-15-4-3-11-22-12-15/h3-12,14,25H,2,13H2,1H3,(H,24,26). The van der Waals surface area contributed by atoms with E-state index in [0.29, 0.717) is 24.4 Å². The highest BCUT2D eigenvalue weighted by Crippen LogP contribution is 2.17. The first-order valence-electron chi connectivity index (χ1n) is 8.83. The molecule has 7 nitrogen and oxygen atoms in total. The maximum Gasteiger partial charge on any atom is 0.338 e.